The fraction of sp³-hybridized carbons (Fsp3) is 0. The Morgan fingerprint density at radius 1 is 1.19 bits per heavy atom. The second-order valence-corrected chi connectivity index (χ2v) is 4.71. The van der Waals surface area contributed by atoms with Crippen molar-refractivity contribution in [1.82, 2.24) is 0 Å². The Morgan fingerprint density at radius 2 is 1.90 bits per heavy atom. The van der Waals surface area contributed by atoms with Crippen LogP contribution in [-0.4, -0.2) is 16.0 Å². The third kappa shape index (κ3) is 3.24. The van der Waals surface area contributed by atoms with E-state index < -0.39 is 10.9 Å². The minimum Gasteiger partial charge on any atom is -0.478 e. The van der Waals surface area contributed by atoms with E-state index in [4.69, 9.17) is 33.0 Å². The largest absolute Gasteiger partial charge is 0.478 e. The Morgan fingerprint density at radius 3 is 2.52 bits per heavy atom. The quantitative estimate of drug-likeness (QED) is 0.664. The van der Waals surface area contributed by atoms with Gasteiger partial charge in [0.1, 0.15) is 5.56 Å². The highest BCUT2D eigenvalue weighted by atomic mass is 35.5. The van der Waals surface area contributed by atoms with Crippen LogP contribution in [0.2, 0.25) is 10.0 Å². The van der Waals surface area contributed by atoms with Crippen LogP contribution < -0.4 is 4.74 Å². The lowest BCUT2D eigenvalue weighted by molar-refractivity contribution is -0.384. The first-order chi connectivity index (χ1) is 9.90. The molecule has 0 aliphatic heterocycles. The van der Waals surface area contributed by atoms with Crippen molar-refractivity contribution in [2.45, 2.75) is 0 Å². The maximum atomic E-state index is 11.1. The molecule has 0 saturated carbocycles. The number of non-ortho nitro benzene ring substituents is 1. The Labute approximate surface area is 128 Å². The van der Waals surface area contributed by atoms with Crippen molar-refractivity contribution in [3.05, 3.63) is 62.1 Å². The highest BCUT2D eigenvalue weighted by molar-refractivity contribution is 6.33. The van der Waals surface area contributed by atoms with Gasteiger partial charge in [0.25, 0.3) is 5.69 Å². The molecule has 0 aromatic heterocycles. The van der Waals surface area contributed by atoms with E-state index in [1.165, 1.54) is 30.3 Å². The summed E-state index contributed by atoms with van der Waals surface area (Å²) in [6, 6.07) is 7.78. The number of hydrogen-bond acceptors (Lipinski definition) is 4. The standard InChI is InChI=1S/C13H7Cl2NO5/c14-9-5-4-7(16(19)20)6-11(9)21-12-8(13(17)18)2-1-3-10(12)15/h1-6H,(H,17,18). The molecule has 0 unspecified atom stereocenters. The van der Waals surface area contributed by atoms with Gasteiger partial charge >= 0.3 is 5.97 Å². The van der Waals surface area contributed by atoms with Crippen molar-refractivity contribution in [3.63, 3.8) is 0 Å². The molecule has 2 rings (SSSR count). The van der Waals surface area contributed by atoms with E-state index in [0.717, 1.165) is 6.07 Å². The molecule has 0 atom stereocenters. The number of nitrogens with zero attached hydrogens (tertiary/aromatic N) is 1. The average Bonchev–Trinajstić information content (AvgIpc) is 2.42. The Kier molecular flexibility index (Phi) is 4.30. The number of benzene rings is 2. The molecular weight excluding hydrogens is 321 g/mol. The number of halogens is 2. The molecule has 0 heterocycles. The summed E-state index contributed by atoms with van der Waals surface area (Å²) in [6.45, 7) is 0. The molecule has 1 N–H and O–H groups in total. The number of hydrogen-bond donors (Lipinski definition) is 1. The smallest absolute Gasteiger partial charge is 0.339 e. The van der Waals surface area contributed by atoms with E-state index >= 15 is 0 Å². The van der Waals surface area contributed by atoms with Gasteiger partial charge in [-0.15, -0.1) is 0 Å². The van der Waals surface area contributed by atoms with Crippen LogP contribution in [0.1, 0.15) is 10.4 Å². The predicted molar refractivity (Wildman–Crippen MR) is 76.6 cm³/mol. The van der Waals surface area contributed by atoms with Gasteiger partial charge < -0.3 is 9.84 Å². The van der Waals surface area contributed by atoms with Crippen LogP contribution in [0.15, 0.2) is 36.4 Å². The number of carbonyl (C=O) groups is 1. The molecule has 0 radical (unpaired) electrons. The highest BCUT2D eigenvalue weighted by Gasteiger charge is 2.18. The van der Waals surface area contributed by atoms with Crippen LogP contribution >= 0.6 is 23.2 Å². The van der Waals surface area contributed by atoms with Gasteiger partial charge in [-0.3, -0.25) is 10.1 Å². The van der Waals surface area contributed by atoms with Gasteiger partial charge in [0.05, 0.1) is 21.0 Å². The SMILES string of the molecule is O=C(O)c1cccc(Cl)c1Oc1cc([N+](=O)[O-])ccc1Cl. The fourth-order valence-corrected chi connectivity index (χ4v) is 1.94. The molecule has 0 bridgehead atoms. The summed E-state index contributed by atoms with van der Waals surface area (Å²) >= 11 is 11.8. The molecule has 0 saturated heterocycles. The molecule has 0 aliphatic carbocycles. The Bertz CT molecular complexity index is 732. The molecule has 0 aliphatic rings. The van der Waals surface area contributed by atoms with Gasteiger partial charge in [0, 0.05) is 6.07 Å². The van der Waals surface area contributed by atoms with Crippen molar-refractivity contribution in [1.29, 1.82) is 0 Å². The topological polar surface area (TPSA) is 89.7 Å². The molecule has 21 heavy (non-hydrogen) atoms. The zero-order valence-corrected chi connectivity index (χ0v) is 11.8. The molecule has 2 aromatic rings. The lowest BCUT2D eigenvalue weighted by Gasteiger charge is -2.11. The Hall–Kier alpha value is -2.31. The van der Waals surface area contributed by atoms with Gasteiger partial charge in [0.2, 0.25) is 0 Å². The fourth-order valence-electron chi connectivity index (χ4n) is 1.57. The van der Waals surface area contributed by atoms with Gasteiger partial charge in [-0.05, 0) is 18.2 Å². The summed E-state index contributed by atoms with van der Waals surface area (Å²) in [5, 5.41) is 20.0. The summed E-state index contributed by atoms with van der Waals surface area (Å²) in [5.74, 6) is -1.43. The van der Waals surface area contributed by atoms with E-state index in [2.05, 4.69) is 0 Å². The number of nitro groups is 1. The van der Waals surface area contributed by atoms with Gasteiger partial charge in [-0.25, -0.2) is 4.79 Å². The van der Waals surface area contributed by atoms with Crippen molar-refractivity contribution in [2.75, 3.05) is 0 Å². The van der Waals surface area contributed by atoms with E-state index in [-0.39, 0.29) is 32.8 Å². The lowest BCUT2D eigenvalue weighted by Crippen LogP contribution is -2.01. The molecular formula is C13H7Cl2NO5. The zero-order valence-electron chi connectivity index (χ0n) is 10.2. The van der Waals surface area contributed by atoms with E-state index in [0.29, 0.717) is 0 Å². The van der Waals surface area contributed by atoms with Crippen LogP contribution in [0.5, 0.6) is 11.5 Å². The van der Waals surface area contributed by atoms with E-state index in [9.17, 15) is 14.9 Å². The molecule has 0 fully saturated rings. The van der Waals surface area contributed by atoms with Gasteiger partial charge in [-0.1, -0.05) is 29.3 Å². The lowest BCUT2D eigenvalue weighted by atomic mass is 10.2. The van der Waals surface area contributed by atoms with Crippen LogP contribution in [-0.2, 0) is 0 Å². The average molecular weight is 328 g/mol. The summed E-state index contributed by atoms with van der Waals surface area (Å²) in [4.78, 5) is 21.3. The third-order valence-electron chi connectivity index (χ3n) is 2.54. The maximum absolute atomic E-state index is 11.1. The van der Waals surface area contributed by atoms with Crippen molar-refractivity contribution < 1.29 is 19.6 Å². The second kappa shape index (κ2) is 5.99. The normalized spacial score (nSPS) is 10.2. The van der Waals surface area contributed by atoms with Crippen molar-refractivity contribution in [3.8, 4) is 11.5 Å². The summed E-state index contributed by atoms with van der Waals surface area (Å²) in [5.41, 5.74) is -0.414. The zero-order chi connectivity index (χ0) is 15.6. The summed E-state index contributed by atoms with van der Waals surface area (Å²) in [6.07, 6.45) is 0. The number of para-hydroxylation sites is 1. The molecule has 108 valence electrons. The van der Waals surface area contributed by atoms with Gasteiger partial charge in [0.15, 0.2) is 11.5 Å². The third-order valence-corrected chi connectivity index (χ3v) is 3.14. The highest BCUT2D eigenvalue weighted by Crippen LogP contribution is 2.37. The Balaban J connectivity index is 2.50. The van der Waals surface area contributed by atoms with Crippen LogP contribution in [0.25, 0.3) is 0 Å². The number of ether oxygens (including phenoxy) is 1. The number of rotatable bonds is 4. The van der Waals surface area contributed by atoms with Crippen LogP contribution in [0.3, 0.4) is 0 Å². The molecule has 0 amide bonds. The van der Waals surface area contributed by atoms with Crippen LogP contribution in [0, 0.1) is 10.1 Å². The summed E-state index contributed by atoms with van der Waals surface area (Å²) < 4.78 is 5.37. The minimum absolute atomic E-state index is 0.0532. The first-order valence-corrected chi connectivity index (χ1v) is 6.29. The predicted octanol–water partition coefficient (Wildman–Crippen LogP) is 4.39. The first kappa shape index (κ1) is 15.1. The number of aromatic carboxylic acids is 1. The molecule has 0 spiro atoms. The number of carboxylic acid groups (broad SMARTS) is 1. The van der Waals surface area contributed by atoms with Crippen LogP contribution in [0.4, 0.5) is 5.69 Å². The molecule has 6 nitrogen and oxygen atoms in total. The maximum Gasteiger partial charge on any atom is 0.339 e. The number of nitro benzene ring substituents is 1. The molecule has 2 aromatic carbocycles. The second-order valence-electron chi connectivity index (χ2n) is 3.90. The molecule has 8 heteroatoms. The number of carboxylic acids is 1. The minimum atomic E-state index is -1.24. The van der Waals surface area contributed by atoms with Crippen molar-refractivity contribution >= 4 is 34.9 Å². The van der Waals surface area contributed by atoms with E-state index in [1.54, 1.807) is 0 Å². The van der Waals surface area contributed by atoms with Gasteiger partial charge in [-0.2, -0.15) is 0 Å². The van der Waals surface area contributed by atoms with Crippen molar-refractivity contribution in [2.24, 2.45) is 0 Å². The first-order valence-electron chi connectivity index (χ1n) is 5.53. The summed E-state index contributed by atoms with van der Waals surface area (Å²) in [7, 11) is 0. The monoisotopic (exact) mass is 327 g/mol. The van der Waals surface area contributed by atoms with E-state index in [1.807, 2.05) is 0 Å².